The Morgan fingerprint density at radius 1 is 0.851 bits per heavy atom. The predicted octanol–water partition coefficient (Wildman–Crippen LogP) is 8.16. The largest absolute Gasteiger partial charge is 0.483 e. The molecule has 47 heavy (non-hydrogen) atoms. The van der Waals surface area contributed by atoms with Gasteiger partial charge >= 0.3 is 6.09 Å². The Labute approximate surface area is 286 Å². The summed E-state index contributed by atoms with van der Waals surface area (Å²) in [5.74, 6) is 0.602. The highest BCUT2D eigenvalue weighted by atomic mass is 35.5. The number of amides is 1. The Kier molecular flexibility index (Phi) is 12.7. The monoisotopic (exact) mass is 708 g/mol. The molecule has 1 aliphatic heterocycles. The Balaban J connectivity index is 0.000000248. The van der Waals surface area contributed by atoms with Crippen molar-refractivity contribution >= 4 is 46.7 Å². The number of hydrogen-bond acceptors (Lipinski definition) is 9. The van der Waals surface area contributed by atoms with Crippen LogP contribution in [0.1, 0.15) is 45.3 Å². The van der Waals surface area contributed by atoms with Crippen LogP contribution in [0.2, 0.25) is 15.2 Å². The number of anilines is 1. The summed E-state index contributed by atoms with van der Waals surface area (Å²) in [5, 5.41) is 4.30. The molecule has 0 spiro atoms. The standard InChI is InChI=1S/C21H26ClFN4O3.C11H7Cl2FN2O/c1-21(2,3)30-20(28)27-10-7-15(8-11-27)25-18-6-9-24-19(26-18)13-29-17-5-4-14(22)12-16(17)23;12-7-1-2-9(8(14)5-7)17-6-11-15-4-3-10(13)16-11/h4-6,9,12,15H,7-8,10-11,13H2,1-3H3,(H,24,25,26);1-5H,6H2. The van der Waals surface area contributed by atoms with Crippen molar-refractivity contribution in [2.45, 2.75) is 58.5 Å². The van der Waals surface area contributed by atoms with Crippen molar-refractivity contribution in [1.29, 1.82) is 0 Å². The van der Waals surface area contributed by atoms with Gasteiger partial charge in [-0.2, -0.15) is 0 Å². The fourth-order valence-electron chi connectivity index (χ4n) is 4.20. The maximum Gasteiger partial charge on any atom is 0.410 e. The van der Waals surface area contributed by atoms with Gasteiger partial charge in [-0.05, 0) is 82.1 Å². The first-order chi connectivity index (χ1) is 22.3. The van der Waals surface area contributed by atoms with Crippen molar-refractivity contribution in [3.05, 3.63) is 99.4 Å². The highest BCUT2D eigenvalue weighted by molar-refractivity contribution is 6.31. The Hall–Kier alpha value is -4.00. The minimum Gasteiger partial charge on any atom is -0.483 e. The molecule has 1 saturated heterocycles. The highest BCUT2D eigenvalue weighted by Gasteiger charge is 2.27. The van der Waals surface area contributed by atoms with Crippen LogP contribution in [0.3, 0.4) is 0 Å². The molecule has 0 bridgehead atoms. The van der Waals surface area contributed by atoms with Crippen molar-refractivity contribution in [2.75, 3.05) is 18.4 Å². The summed E-state index contributed by atoms with van der Waals surface area (Å²) in [4.78, 5) is 30.3. The average molecular weight is 710 g/mol. The lowest BCUT2D eigenvalue weighted by Gasteiger charge is -2.33. The Morgan fingerprint density at radius 2 is 1.38 bits per heavy atom. The zero-order valence-electron chi connectivity index (χ0n) is 25.9. The number of piperidine rings is 1. The number of rotatable bonds is 8. The summed E-state index contributed by atoms with van der Waals surface area (Å²) in [6.07, 6.45) is 4.42. The summed E-state index contributed by atoms with van der Waals surface area (Å²) in [5.41, 5.74) is -0.499. The molecular formula is C32H33Cl3F2N6O4. The van der Waals surface area contributed by atoms with Crippen LogP contribution in [-0.2, 0) is 18.0 Å². The van der Waals surface area contributed by atoms with Crippen LogP contribution in [0.5, 0.6) is 11.5 Å². The molecule has 1 fully saturated rings. The minimum absolute atomic E-state index is 0.0329. The third-order valence-electron chi connectivity index (χ3n) is 6.38. The van der Waals surface area contributed by atoms with E-state index in [1.165, 1.54) is 30.5 Å². The number of nitrogens with one attached hydrogen (secondary N) is 1. The molecule has 0 unspecified atom stereocenters. The number of hydrogen-bond donors (Lipinski definition) is 1. The number of carbonyl (C=O) groups is 1. The topological polar surface area (TPSA) is 112 Å². The van der Waals surface area contributed by atoms with Gasteiger partial charge in [-0.15, -0.1) is 0 Å². The van der Waals surface area contributed by atoms with Crippen LogP contribution in [0.25, 0.3) is 0 Å². The summed E-state index contributed by atoms with van der Waals surface area (Å²) in [7, 11) is 0. The van der Waals surface area contributed by atoms with Crippen molar-refractivity contribution < 1.29 is 27.8 Å². The fraction of sp³-hybridized carbons (Fsp3) is 0.344. The lowest BCUT2D eigenvalue weighted by molar-refractivity contribution is 0.0210. The zero-order chi connectivity index (χ0) is 34.0. The molecule has 0 aliphatic carbocycles. The van der Waals surface area contributed by atoms with Gasteiger partial charge in [0.25, 0.3) is 0 Å². The lowest BCUT2D eigenvalue weighted by Crippen LogP contribution is -2.44. The predicted molar refractivity (Wildman–Crippen MR) is 175 cm³/mol. The van der Waals surface area contributed by atoms with Gasteiger partial charge in [0.2, 0.25) is 0 Å². The van der Waals surface area contributed by atoms with E-state index >= 15 is 0 Å². The molecule has 2 aromatic carbocycles. The number of benzene rings is 2. The van der Waals surface area contributed by atoms with E-state index in [9.17, 15) is 13.6 Å². The van der Waals surface area contributed by atoms with Crippen molar-refractivity contribution in [3.63, 3.8) is 0 Å². The van der Waals surface area contributed by atoms with E-state index in [4.69, 9.17) is 49.0 Å². The number of halogens is 5. The van der Waals surface area contributed by atoms with Gasteiger partial charge in [0, 0.05) is 41.6 Å². The summed E-state index contributed by atoms with van der Waals surface area (Å²) in [6.45, 7) is 6.88. The SMILES string of the molecule is CC(C)(C)OC(=O)N1CCC(Nc2ccnc(COc3ccc(Cl)cc3F)n2)CC1.Fc1cc(Cl)ccc1OCc1nccc(Cl)n1. The molecule has 2 aromatic heterocycles. The molecule has 0 atom stereocenters. The number of likely N-dealkylation sites (tertiary alicyclic amines) is 1. The van der Waals surface area contributed by atoms with E-state index in [1.54, 1.807) is 35.4 Å². The maximum absolute atomic E-state index is 13.8. The van der Waals surface area contributed by atoms with Crippen LogP contribution in [0, 0.1) is 11.6 Å². The van der Waals surface area contributed by atoms with Crippen molar-refractivity contribution in [2.24, 2.45) is 0 Å². The van der Waals surface area contributed by atoms with E-state index in [0.29, 0.717) is 45.8 Å². The molecular weight excluding hydrogens is 677 g/mol. The molecule has 0 saturated carbocycles. The van der Waals surface area contributed by atoms with Gasteiger partial charge in [0.05, 0.1) is 0 Å². The zero-order valence-corrected chi connectivity index (χ0v) is 28.1. The first-order valence-electron chi connectivity index (χ1n) is 14.5. The molecule has 1 N–H and O–H groups in total. The number of carbonyl (C=O) groups excluding carboxylic acids is 1. The molecule has 1 amide bonds. The van der Waals surface area contributed by atoms with Crippen molar-refractivity contribution in [3.8, 4) is 11.5 Å². The molecule has 10 nitrogen and oxygen atoms in total. The molecule has 0 radical (unpaired) electrons. The molecule has 5 rings (SSSR count). The number of ether oxygens (including phenoxy) is 3. The third-order valence-corrected chi connectivity index (χ3v) is 7.06. The first-order valence-corrected chi connectivity index (χ1v) is 15.7. The van der Waals surface area contributed by atoms with Gasteiger partial charge in [-0.1, -0.05) is 34.8 Å². The van der Waals surface area contributed by atoms with Gasteiger partial charge in [-0.3, -0.25) is 0 Å². The Morgan fingerprint density at radius 3 is 1.89 bits per heavy atom. The van der Waals surface area contributed by atoms with Crippen LogP contribution in [0.15, 0.2) is 60.9 Å². The van der Waals surface area contributed by atoms with E-state index < -0.39 is 17.2 Å². The van der Waals surface area contributed by atoms with Gasteiger partial charge in [0.1, 0.15) is 29.8 Å². The molecule has 1 aliphatic rings. The highest BCUT2D eigenvalue weighted by Crippen LogP contribution is 2.23. The van der Waals surface area contributed by atoms with Crippen LogP contribution in [-0.4, -0.2) is 55.7 Å². The molecule has 15 heteroatoms. The second-order valence-electron chi connectivity index (χ2n) is 11.3. The van der Waals surface area contributed by atoms with E-state index in [1.807, 2.05) is 20.8 Å². The second kappa shape index (κ2) is 16.7. The normalized spacial score (nSPS) is 13.3. The Bertz CT molecular complexity index is 1660. The first kappa shape index (κ1) is 35.8. The number of nitrogens with zero attached hydrogens (tertiary/aromatic N) is 5. The van der Waals surface area contributed by atoms with Crippen LogP contribution >= 0.6 is 34.8 Å². The average Bonchev–Trinajstić information content (AvgIpc) is 3.00. The number of aromatic nitrogens is 4. The lowest BCUT2D eigenvalue weighted by atomic mass is 10.1. The second-order valence-corrected chi connectivity index (χ2v) is 12.5. The van der Waals surface area contributed by atoms with E-state index in [-0.39, 0.29) is 36.8 Å². The molecule has 4 aromatic rings. The quantitative estimate of drug-likeness (QED) is 0.181. The smallest absolute Gasteiger partial charge is 0.410 e. The van der Waals surface area contributed by atoms with E-state index in [2.05, 4.69) is 25.3 Å². The molecule has 3 heterocycles. The summed E-state index contributed by atoms with van der Waals surface area (Å²) in [6, 6.07) is 11.9. The van der Waals surface area contributed by atoms with Crippen LogP contribution in [0.4, 0.5) is 19.4 Å². The summed E-state index contributed by atoms with van der Waals surface area (Å²) < 4.78 is 43.3. The van der Waals surface area contributed by atoms with Gasteiger partial charge < -0.3 is 24.4 Å². The fourth-order valence-corrected chi connectivity index (χ4v) is 4.68. The van der Waals surface area contributed by atoms with Crippen LogP contribution < -0.4 is 14.8 Å². The summed E-state index contributed by atoms with van der Waals surface area (Å²) >= 11 is 17.0. The van der Waals surface area contributed by atoms with Gasteiger partial charge in [-0.25, -0.2) is 33.5 Å². The van der Waals surface area contributed by atoms with E-state index in [0.717, 1.165) is 12.8 Å². The van der Waals surface area contributed by atoms with Crippen molar-refractivity contribution in [1.82, 2.24) is 24.8 Å². The third kappa shape index (κ3) is 11.9. The molecule has 250 valence electrons. The maximum atomic E-state index is 13.8. The van der Waals surface area contributed by atoms with Gasteiger partial charge in [0.15, 0.2) is 34.8 Å². The minimum atomic E-state index is -0.534.